The summed E-state index contributed by atoms with van der Waals surface area (Å²) in [7, 11) is -3.49. The van der Waals surface area contributed by atoms with Crippen LogP contribution in [0.4, 0.5) is 0 Å². The molecule has 3 rings (SSSR count). The number of aryl methyl sites for hydroxylation is 2. The maximum absolute atomic E-state index is 12.7. The van der Waals surface area contributed by atoms with Crippen LogP contribution in [0.3, 0.4) is 0 Å². The fourth-order valence-corrected chi connectivity index (χ4v) is 4.39. The van der Waals surface area contributed by atoms with Crippen molar-refractivity contribution in [3.05, 3.63) is 47.8 Å². The van der Waals surface area contributed by atoms with E-state index in [9.17, 15) is 8.42 Å². The second kappa shape index (κ2) is 6.86. The summed E-state index contributed by atoms with van der Waals surface area (Å²) in [6.07, 6.45) is 1.30. The molecule has 6 nitrogen and oxygen atoms in total. The van der Waals surface area contributed by atoms with Crippen molar-refractivity contribution in [1.82, 2.24) is 14.3 Å². The molecule has 7 heteroatoms. The Hall–Kier alpha value is -1.99. The van der Waals surface area contributed by atoms with E-state index in [-0.39, 0.29) is 6.10 Å². The van der Waals surface area contributed by atoms with Crippen LogP contribution in [0.15, 0.2) is 41.3 Å². The van der Waals surface area contributed by atoms with Gasteiger partial charge in [-0.15, -0.1) is 0 Å². The second-order valence-electron chi connectivity index (χ2n) is 5.99. The van der Waals surface area contributed by atoms with Gasteiger partial charge in [-0.2, -0.15) is 4.31 Å². The normalized spacial score (nSPS) is 19.2. The van der Waals surface area contributed by atoms with Crippen LogP contribution in [-0.4, -0.2) is 41.9 Å². The van der Waals surface area contributed by atoms with Crippen molar-refractivity contribution < 1.29 is 13.2 Å². The van der Waals surface area contributed by atoms with Crippen molar-refractivity contribution in [1.29, 1.82) is 0 Å². The largest absolute Gasteiger partial charge is 0.459 e. The van der Waals surface area contributed by atoms with Gasteiger partial charge in [-0.1, -0.05) is 18.2 Å². The molecule has 0 saturated carbocycles. The molecule has 1 aliphatic heterocycles. The van der Waals surface area contributed by atoms with Gasteiger partial charge >= 0.3 is 6.01 Å². The van der Waals surface area contributed by atoms with Crippen LogP contribution in [0, 0.1) is 13.8 Å². The van der Waals surface area contributed by atoms with E-state index in [1.807, 2.05) is 19.9 Å². The van der Waals surface area contributed by atoms with E-state index in [0.717, 1.165) is 24.2 Å². The van der Waals surface area contributed by atoms with E-state index in [0.29, 0.717) is 24.0 Å². The highest BCUT2D eigenvalue weighted by atomic mass is 32.2. The Bertz CT molecular complexity index is 789. The number of hydrogen-bond donors (Lipinski definition) is 0. The molecule has 0 bridgehead atoms. The van der Waals surface area contributed by atoms with E-state index in [1.54, 1.807) is 30.3 Å². The van der Waals surface area contributed by atoms with Gasteiger partial charge in [0, 0.05) is 17.9 Å². The summed E-state index contributed by atoms with van der Waals surface area (Å²) in [6.45, 7) is 4.58. The summed E-state index contributed by atoms with van der Waals surface area (Å²) in [5.74, 6) is 0. The van der Waals surface area contributed by atoms with E-state index < -0.39 is 10.0 Å². The highest BCUT2D eigenvalue weighted by Gasteiger charge is 2.31. The van der Waals surface area contributed by atoms with E-state index in [1.165, 1.54) is 4.31 Å². The third-order valence-corrected chi connectivity index (χ3v) is 5.84. The van der Waals surface area contributed by atoms with Gasteiger partial charge in [0.15, 0.2) is 0 Å². The van der Waals surface area contributed by atoms with Gasteiger partial charge in [-0.05, 0) is 44.9 Å². The van der Waals surface area contributed by atoms with Crippen LogP contribution in [0.5, 0.6) is 6.01 Å². The lowest BCUT2D eigenvalue weighted by atomic mass is 10.1. The summed E-state index contributed by atoms with van der Waals surface area (Å²) in [4.78, 5) is 8.86. The molecule has 2 heterocycles. The average Bonchev–Trinajstić information content (AvgIpc) is 2.55. The van der Waals surface area contributed by atoms with Crippen molar-refractivity contribution in [3.63, 3.8) is 0 Å². The first-order valence-corrected chi connectivity index (χ1v) is 9.43. The second-order valence-corrected chi connectivity index (χ2v) is 7.93. The van der Waals surface area contributed by atoms with Gasteiger partial charge < -0.3 is 4.74 Å². The highest BCUT2D eigenvalue weighted by Crippen LogP contribution is 2.22. The SMILES string of the molecule is Cc1cc(C)nc(O[C@@H]2CCCN(S(=O)(=O)c3ccccc3)C2)n1. The maximum atomic E-state index is 12.7. The first-order chi connectivity index (χ1) is 11.4. The Balaban J connectivity index is 1.75. The zero-order valence-electron chi connectivity index (χ0n) is 13.8. The third-order valence-electron chi connectivity index (χ3n) is 3.96. The minimum absolute atomic E-state index is 0.238. The van der Waals surface area contributed by atoms with Crippen LogP contribution >= 0.6 is 0 Å². The molecular weight excluding hydrogens is 326 g/mol. The first kappa shape index (κ1) is 16.9. The fourth-order valence-electron chi connectivity index (χ4n) is 2.86. The third kappa shape index (κ3) is 3.73. The minimum Gasteiger partial charge on any atom is -0.459 e. The van der Waals surface area contributed by atoms with Crippen molar-refractivity contribution >= 4 is 10.0 Å². The predicted molar refractivity (Wildman–Crippen MR) is 90.4 cm³/mol. The molecule has 1 aliphatic rings. The summed E-state index contributed by atoms with van der Waals surface area (Å²) in [6, 6.07) is 10.7. The lowest BCUT2D eigenvalue weighted by molar-refractivity contribution is 0.119. The molecule has 24 heavy (non-hydrogen) atoms. The monoisotopic (exact) mass is 347 g/mol. The molecule has 1 saturated heterocycles. The number of sulfonamides is 1. The Kier molecular flexibility index (Phi) is 4.82. The maximum Gasteiger partial charge on any atom is 0.317 e. The number of rotatable bonds is 4. The Morgan fingerprint density at radius 2 is 1.79 bits per heavy atom. The number of ether oxygens (including phenoxy) is 1. The zero-order valence-corrected chi connectivity index (χ0v) is 14.7. The summed E-state index contributed by atoms with van der Waals surface area (Å²) in [5, 5.41) is 0. The molecule has 1 atom stereocenters. The molecule has 128 valence electrons. The number of hydrogen-bond acceptors (Lipinski definition) is 5. The Morgan fingerprint density at radius 3 is 2.46 bits per heavy atom. The molecule has 0 N–H and O–H groups in total. The lowest BCUT2D eigenvalue weighted by Crippen LogP contribution is -2.44. The van der Waals surface area contributed by atoms with Crippen LogP contribution in [0.2, 0.25) is 0 Å². The van der Waals surface area contributed by atoms with Gasteiger partial charge in [-0.25, -0.2) is 18.4 Å². The number of benzene rings is 1. The van der Waals surface area contributed by atoms with E-state index in [4.69, 9.17) is 4.74 Å². The van der Waals surface area contributed by atoms with Crippen LogP contribution in [0.25, 0.3) is 0 Å². The number of nitrogens with zero attached hydrogens (tertiary/aromatic N) is 3. The number of piperidine rings is 1. The molecule has 0 radical (unpaired) electrons. The van der Waals surface area contributed by atoms with Crippen LogP contribution in [0.1, 0.15) is 24.2 Å². The fraction of sp³-hybridized carbons (Fsp3) is 0.412. The van der Waals surface area contributed by atoms with Crippen LogP contribution < -0.4 is 4.74 Å². The first-order valence-electron chi connectivity index (χ1n) is 7.99. The Morgan fingerprint density at radius 1 is 1.12 bits per heavy atom. The minimum atomic E-state index is -3.49. The van der Waals surface area contributed by atoms with E-state index >= 15 is 0 Å². The van der Waals surface area contributed by atoms with Crippen molar-refractivity contribution in [3.8, 4) is 6.01 Å². The molecule has 2 aromatic rings. The quantitative estimate of drug-likeness (QED) is 0.849. The average molecular weight is 347 g/mol. The van der Waals surface area contributed by atoms with Gasteiger partial charge in [-0.3, -0.25) is 0 Å². The van der Waals surface area contributed by atoms with Gasteiger partial charge in [0.25, 0.3) is 0 Å². The zero-order chi connectivity index (χ0) is 17.2. The lowest BCUT2D eigenvalue weighted by Gasteiger charge is -2.31. The highest BCUT2D eigenvalue weighted by molar-refractivity contribution is 7.89. The van der Waals surface area contributed by atoms with Crippen molar-refractivity contribution in [2.24, 2.45) is 0 Å². The van der Waals surface area contributed by atoms with Crippen molar-refractivity contribution in [2.75, 3.05) is 13.1 Å². The van der Waals surface area contributed by atoms with Gasteiger partial charge in [0.2, 0.25) is 10.0 Å². The molecule has 1 aromatic carbocycles. The smallest absolute Gasteiger partial charge is 0.317 e. The molecule has 1 fully saturated rings. The summed E-state index contributed by atoms with van der Waals surface area (Å²) in [5.41, 5.74) is 1.67. The predicted octanol–water partition coefficient (Wildman–Crippen LogP) is 2.33. The summed E-state index contributed by atoms with van der Waals surface area (Å²) < 4.78 is 32.8. The topological polar surface area (TPSA) is 72.4 Å². The number of aromatic nitrogens is 2. The molecular formula is C17H21N3O3S. The van der Waals surface area contributed by atoms with E-state index in [2.05, 4.69) is 9.97 Å². The molecule has 0 aliphatic carbocycles. The van der Waals surface area contributed by atoms with Crippen LogP contribution in [-0.2, 0) is 10.0 Å². The van der Waals surface area contributed by atoms with Gasteiger partial charge in [0.05, 0.1) is 11.4 Å². The molecule has 0 spiro atoms. The molecule has 0 unspecified atom stereocenters. The van der Waals surface area contributed by atoms with Gasteiger partial charge in [0.1, 0.15) is 6.10 Å². The standard InChI is InChI=1S/C17H21N3O3S/c1-13-11-14(2)19-17(18-13)23-15-7-6-10-20(12-15)24(21,22)16-8-4-3-5-9-16/h3-5,8-9,11,15H,6-7,10,12H2,1-2H3/t15-/m1/s1. The summed E-state index contributed by atoms with van der Waals surface area (Å²) >= 11 is 0. The Labute approximate surface area is 142 Å². The molecule has 0 amide bonds. The molecule has 1 aromatic heterocycles. The van der Waals surface area contributed by atoms with Crippen molar-refractivity contribution in [2.45, 2.75) is 37.7 Å².